The molecule has 3 aromatic rings. The standard InChI is InChI=1S/C20H20N2O3/c1-3-18(20(24)25-4-2)22-19(23)12-11-17(21-22)16-10-9-14-7-5-6-8-15(14)13-16/h5-13,18H,3-4H2,1-2H3. The Bertz CT molecular complexity index is 962. The molecule has 0 amide bonds. The van der Waals surface area contributed by atoms with E-state index < -0.39 is 12.0 Å². The molecule has 5 nitrogen and oxygen atoms in total. The first kappa shape index (κ1) is 16.9. The van der Waals surface area contributed by atoms with Gasteiger partial charge in [-0.3, -0.25) is 4.79 Å². The van der Waals surface area contributed by atoms with Gasteiger partial charge in [0.05, 0.1) is 12.3 Å². The number of carbonyl (C=O) groups is 1. The van der Waals surface area contributed by atoms with Gasteiger partial charge in [-0.05, 0) is 36.2 Å². The fourth-order valence-electron chi connectivity index (χ4n) is 2.83. The van der Waals surface area contributed by atoms with Crippen molar-refractivity contribution in [3.05, 3.63) is 65.0 Å². The van der Waals surface area contributed by atoms with Crippen LogP contribution in [0.4, 0.5) is 0 Å². The SMILES string of the molecule is CCOC(=O)C(CC)n1nc(-c2ccc3ccccc3c2)ccc1=O. The van der Waals surface area contributed by atoms with Crippen LogP contribution in [0.3, 0.4) is 0 Å². The van der Waals surface area contributed by atoms with Crippen LogP contribution in [-0.4, -0.2) is 22.4 Å². The number of esters is 1. The first-order chi connectivity index (χ1) is 12.1. The van der Waals surface area contributed by atoms with Crippen LogP contribution in [0.2, 0.25) is 0 Å². The quantitative estimate of drug-likeness (QED) is 0.668. The summed E-state index contributed by atoms with van der Waals surface area (Å²) in [7, 11) is 0. The summed E-state index contributed by atoms with van der Waals surface area (Å²) in [4.78, 5) is 24.3. The second kappa shape index (κ2) is 7.30. The molecule has 0 radical (unpaired) electrons. The number of rotatable bonds is 5. The van der Waals surface area contributed by atoms with Crippen molar-refractivity contribution >= 4 is 16.7 Å². The van der Waals surface area contributed by atoms with Crippen molar-refractivity contribution in [3.63, 3.8) is 0 Å². The molecule has 0 aliphatic carbocycles. The third kappa shape index (κ3) is 3.45. The molecule has 0 bridgehead atoms. The average Bonchev–Trinajstić information content (AvgIpc) is 2.63. The lowest BCUT2D eigenvalue weighted by molar-refractivity contribution is -0.147. The Balaban J connectivity index is 2.05. The van der Waals surface area contributed by atoms with Crippen molar-refractivity contribution in [1.29, 1.82) is 0 Å². The minimum absolute atomic E-state index is 0.272. The van der Waals surface area contributed by atoms with Gasteiger partial charge in [0, 0.05) is 11.6 Å². The predicted octanol–water partition coefficient (Wildman–Crippen LogP) is 3.58. The molecule has 0 saturated heterocycles. The fraction of sp³-hybridized carbons (Fsp3) is 0.250. The maximum Gasteiger partial charge on any atom is 0.331 e. The molecule has 1 aromatic heterocycles. The molecule has 0 aliphatic rings. The lowest BCUT2D eigenvalue weighted by Gasteiger charge is -2.16. The molecule has 1 atom stereocenters. The maximum absolute atomic E-state index is 12.2. The normalized spacial score (nSPS) is 12.1. The zero-order valence-electron chi connectivity index (χ0n) is 14.3. The minimum atomic E-state index is -0.715. The second-order valence-electron chi connectivity index (χ2n) is 5.74. The molecule has 0 saturated carbocycles. The number of nitrogens with zero attached hydrogens (tertiary/aromatic N) is 2. The Morgan fingerprint density at radius 1 is 1.08 bits per heavy atom. The third-order valence-corrected chi connectivity index (χ3v) is 4.11. The molecule has 0 N–H and O–H groups in total. The number of hydrogen-bond donors (Lipinski definition) is 0. The molecule has 0 spiro atoms. The van der Waals surface area contributed by atoms with Crippen molar-refractivity contribution in [2.45, 2.75) is 26.3 Å². The lowest BCUT2D eigenvalue weighted by atomic mass is 10.1. The number of ether oxygens (including phenoxy) is 1. The van der Waals surface area contributed by atoms with E-state index in [1.54, 1.807) is 13.0 Å². The van der Waals surface area contributed by atoms with Crippen LogP contribution in [0.15, 0.2) is 59.4 Å². The van der Waals surface area contributed by atoms with E-state index >= 15 is 0 Å². The van der Waals surface area contributed by atoms with E-state index in [-0.39, 0.29) is 12.2 Å². The molecule has 0 aliphatic heterocycles. The Labute approximate surface area is 145 Å². The summed E-state index contributed by atoms with van der Waals surface area (Å²) in [5.41, 5.74) is 1.23. The van der Waals surface area contributed by atoms with Crippen molar-refractivity contribution in [2.75, 3.05) is 6.61 Å². The Morgan fingerprint density at radius 2 is 1.84 bits per heavy atom. The van der Waals surface area contributed by atoms with E-state index in [4.69, 9.17) is 4.74 Å². The maximum atomic E-state index is 12.2. The van der Waals surface area contributed by atoms with Crippen LogP contribution < -0.4 is 5.56 Å². The summed E-state index contributed by atoms with van der Waals surface area (Å²) < 4.78 is 6.29. The van der Waals surface area contributed by atoms with Gasteiger partial charge in [0.1, 0.15) is 0 Å². The molecule has 1 unspecified atom stereocenters. The highest BCUT2D eigenvalue weighted by molar-refractivity contribution is 5.86. The Hall–Kier alpha value is -2.95. The molecular formula is C20H20N2O3. The number of benzene rings is 2. The average molecular weight is 336 g/mol. The lowest BCUT2D eigenvalue weighted by Crippen LogP contribution is -2.32. The summed E-state index contributed by atoms with van der Waals surface area (Å²) >= 11 is 0. The highest BCUT2D eigenvalue weighted by Crippen LogP contribution is 2.23. The van der Waals surface area contributed by atoms with Crippen molar-refractivity contribution < 1.29 is 9.53 Å². The van der Waals surface area contributed by atoms with Crippen LogP contribution in [0.25, 0.3) is 22.0 Å². The molecule has 2 aromatic carbocycles. The number of fused-ring (bicyclic) bond motifs is 1. The predicted molar refractivity (Wildman–Crippen MR) is 97.4 cm³/mol. The fourth-order valence-corrected chi connectivity index (χ4v) is 2.83. The van der Waals surface area contributed by atoms with Crippen molar-refractivity contribution in [1.82, 2.24) is 9.78 Å². The van der Waals surface area contributed by atoms with Crippen LogP contribution in [0.5, 0.6) is 0 Å². The zero-order chi connectivity index (χ0) is 17.8. The first-order valence-corrected chi connectivity index (χ1v) is 8.39. The molecule has 128 valence electrons. The van der Waals surface area contributed by atoms with Gasteiger partial charge in [0.25, 0.3) is 5.56 Å². The monoisotopic (exact) mass is 336 g/mol. The summed E-state index contributed by atoms with van der Waals surface area (Å²) in [5.74, 6) is -0.435. The molecular weight excluding hydrogens is 316 g/mol. The highest BCUT2D eigenvalue weighted by atomic mass is 16.5. The molecule has 0 fully saturated rings. The number of carbonyl (C=O) groups excluding carboxylic acids is 1. The van der Waals surface area contributed by atoms with Crippen LogP contribution in [0, 0.1) is 0 Å². The second-order valence-corrected chi connectivity index (χ2v) is 5.74. The molecule has 25 heavy (non-hydrogen) atoms. The zero-order valence-corrected chi connectivity index (χ0v) is 14.3. The van der Waals surface area contributed by atoms with Gasteiger partial charge in [-0.2, -0.15) is 5.10 Å². The van der Waals surface area contributed by atoms with Gasteiger partial charge < -0.3 is 4.74 Å². The number of aromatic nitrogens is 2. The van der Waals surface area contributed by atoms with Gasteiger partial charge in [0.2, 0.25) is 0 Å². The number of hydrogen-bond acceptors (Lipinski definition) is 4. The van der Waals surface area contributed by atoms with E-state index in [0.717, 1.165) is 16.3 Å². The van der Waals surface area contributed by atoms with Crippen LogP contribution in [0.1, 0.15) is 26.3 Å². The topological polar surface area (TPSA) is 61.2 Å². The van der Waals surface area contributed by atoms with Gasteiger partial charge in [-0.1, -0.05) is 43.3 Å². The van der Waals surface area contributed by atoms with E-state index in [0.29, 0.717) is 12.1 Å². The summed E-state index contributed by atoms with van der Waals surface area (Å²) in [6.45, 7) is 3.85. The van der Waals surface area contributed by atoms with Gasteiger partial charge >= 0.3 is 5.97 Å². The molecule has 5 heteroatoms. The van der Waals surface area contributed by atoms with E-state index in [1.165, 1.54) is 10.7 Å². The highest BCUT2D eigenvalue weighted by Gasteiger charge is 2.22. The van der Waals surface area contributed by atoms with Gasteiger partial charge in [0.15, 0.2) is 6.04 Å². The minimum Gasteiger partial charge on any atom is -0.464 e. The van der Waals surface area contributed by atoms with Crippen molar-refractivity contribution in [2.24, 2.45) is 0 Å². The summed E-state index contributed by atoms with van der Waals surface area (Å²) in [5, 5.41) is 6.66. The van der Waals surface area contributed by atoms with Crippen LogP contribution >= 0.6 is 0 Å². The van der Waals surface area contributed by atoms with E-state index in [9.17, 15) is 9.59 Å². The Morgan fingerprint density at radius 3 is 2.56 bits per heavy atom. The van der Waals surface area contributed by atoms with Gasteiger partial charge in [-0.25, -0.2) is 9.48 Å². The summed E-state index contributed by atoms with van der Waals surface area (Å²) in [6.07, 6.45) is 0.437. The molecule has 1 heterocycles. The van der Waals surface area contributed by atoms with Crippen LogP contribution in [-0.2, 0) is 9.53 Å². The van der Waals surface area contributed by atoms with E-state index in [1.807, 2.05) is 49.4 Å². The smallest absolute Gasteiger partial charge is 0.331 e. The molecule has 3 rings (SSSR count). The van der Waals surface area contributed by atoms with Crippen molar-refractivity contribution in [3.8, 4) is 11.3 Å². The third-order valence-electron chi connectivity index (χ3n) is 4.11. The first-order valence-electron chi connectivity index (χ1n) is 8.39. The largest absolute Gasteiger partial charge is 0.464 e. The Kier molecular flexibility index (Phi) is 4.93. The van der Waals surface area contributed by atoms with Gasteiger partial charge in [-0.15, -0.1) is 0 Å². The van der Waals surface area contributed by atoms with E-state index in [2.05, 4.69) is 5.10 Å². The summed E-state index contributed by atoms with van der Waals surface area (Å²) in [6, 6.07) is 16.5.